The maximum absolute atomic E-state index is 11.5. The number of carbonyl (C=O) groups is 1. The third kappa shape index (κ3) is 3.01. The first-order valence-electron chi connectivity index (χ1n) is 3.74. The van der Waals surface area contributed by atoms with Crippen LogP contribution in [-0.4, -0.2) is 5.78 Å². The number of rotatable bonds is 2. The molecule has 0 bridgehead atoms. The van der Waals surface area contributed by atoms with Crippen molar-refractivity contribution in [2.45, 2.75) is 13.3 Å². The average molecular weight is 512 g/mol. The molecule has 1 nitrogen and oxygen atoms in total. The molecule has 1 rings (SSSR count). The van der Waals surface area contributed by atoms with E-state index in [9.17, 15) is 4.79 Å². The zero-order valence-electron chi connectivity index (χ0n) is 6.90. The first-order chi connectivity index (χ1) is 6.06. The van der Waals surface area contributed by atoms with Gasteiger partial charge < -0.3 is 0 Å². The molecule has 0 fully saturated rings. The molecule has 0 saturated carbocycles. The summed E-state index contributed by atoms with van der Waals surface area (Å²) in [5.41, 5.74) is 0.861. The Hall–Kier alpha value is 1.08. The third-order valence-electron chi connectivity index (χ3n) is 1.61. The Bertz CT molecular complexity index is 347. The van der Waals surface area contributed by atoms with Gasteiger partial charge in [0.15, 0.2) is 5.78 Å². The van der Waals surface area contributed by atoms with E-state index in [0.29, 0.717) is 6.42 Å². The summed E-state index contributed by atoms with van der Waals surface area (Å²) in [6.45, 7) is 1.89. The molecule has 0 aliphatic carbocycles. The van der Waals surface area contributed by atoms with Crippen LogP contribution < -0.4 is 0 Å². The van der Waals surface area contributed by atoms with E-state index in [1.807, 2.05) is 13.0 Å². The van der Waals surface area contributed by atoms with E-state index in [-0.39, 0.29) is 5.78 Å². The largest absolute Gasteiger partial charge is 0.294 e. The molecule has 70 valence electrons. The molecule has 0 unspecified atom stereocenters. The minimum Gasteiger partial charge on any atom is -0.294 e. The zero-order chi connectivity index (χ0) is 10.0. The lowest BCUT2D eigenvalue weighted by Gasteiger charge is -2.04. The van der Waals surface area contributed by atoms with Gasteiger partial charge in [-0.25, -0.2) is 0 Å². The van der Waals surface area contributed by atoms with E-state index < -0.39 is 0 Å². The van der Waals surface area contributed by atoms with Crippen molar-refractivity contribution in [1.29, 1.82) is 0 Å². The summed E-state index contributed by atoms with van der Waals surface area (Å²) < 4.78 is 3.35. The number of Topliss-reactive ketones (excluding diaryl/α,β-unsaturated/α-hetero) is 1. The summed E-state index contributed by atoms with van der Waals surface area (Å²) >= 11 is 6.73. The van der Waals surface area contributed by atoms with Crippen LogP contribution in [0.5, 0.6) is 0 Å². The molecular formula is C9H7I3O. The molecule has 0 aliphatic heterocycles. The summed E-state index contributed by atoms with van der Waals surface area (Å²) in [4.78, 5) is 11.5. The second-order valence-electron chi connectivity index (χ2n) is 2.53. The van der Waals surface area contributed by atoms with Crippen molar-refractivity contribution >= 4 is 73.6 Å². The van der Waals surface area contributed by atoms with Crippen LogP contribution in [0, 0.1) is 10.7 Å². The van der Waals surface area contributed by atoms with Gasteiger partial charge in [-0.05, 0) is 79.9 Å². The van der Waals surface area contributed by atoms with Crippen LogP contribution in [0.4, 0.5) is 0 Å². The number of ketones is 1. The molecule has 0 heterocycles. The van der Waals surface area contributed by atoms with Gasteiger partial charge in [-0.2, -0.15) is 0 Å². The zero-order valence-corrected chi connectivity index (χ0v) is 13.4. The summed E-state index contributed by atoms with van der Waals surface area (Å²) in [5, 5.41) is 0. The molecule has 0 spiro atoms. The molecule has 4 heteroatoms. The van der Waals surface area contributed by atoms with Crippen molar-refractivity contribution in [3.8, 4) is 0 Å². The Kier molecular flexibility index (Phi) is 4.90. The van der Waals surface area contributed by atoms with E-state index >= 15 is 0 Å². The van der Waals surface area contributed by atoms with E-state index in [0.717, 1.165) is 16.3 Å². The van der Waals surface area contributed by atoms with Crippen LogP contribution in [0.15, 0.2) is 12.1 Å². The number of carbonyl (C=O) groups excluding carboxylic acids is 1. The van der Waals surface area contributed by atoms with Gasteiger partial charge in [0.2, 0.25) is 0 Å². The highest BCUT2D eigenvalue weighted by molar-refractivity contribution is 14.1. The van der Waals surface area contributed by atoms with Crippen molar-refractivity contribution in [2.24, 2.45) is 0 Å². The van der Waals surface area contributed by atoms with E-state index in [4.69, 9.17) is 0 Å². The summed E-state index contributed by atoms with van der Waals surface area (Å²) in [6.07, 6.45) is 0.576. The molecule has 1 aromatic rings. The predicted molar refractivity (Wildman–Crippen MR) is 79.2 cm³/mol. The van der Waals surface area contributed by atoms with Gasteiger partial charge in [-0.15, -0.1) is 0 Å². The highest BCUT2D eigenvalue weighted by Crippen LogP contribution is 2.23. The topological polar surface area (TPSA) is 17.1 Å². The summed E-state index contributed by atoms with van der Waals surface area (Å²) in [5.74, 6) is 0.223. The minimum absolute atomic E-state index is 0.223. The molecule has 0 aliphatic rings. The second-order valence-corrected chi connectivity index (χ2v) is 6.01. The Balaban J connectivity index is 3.28. The van der Waals surface area contributed by atoms with Crippen molar-refractivity contribution in [1.82, 2.24) is 0 Å². The standard InChI is InChI=1S/C9H7I3O/c1-2-8(13)6-3-5(10)4-7(11)9(6)12/h3-4H,2H2,1H3. The number of hydrogen-bond donors (Lipinski definition) is 0. The monoisotopic (exact) mass is 512 g/mol. The van der Waals surface area contributed by atoms with Crippen LogP contribution >= 0.6 is 67.8 Å². The van der Waals surface area contributed by atoms with Gasteiger partial charge in [0.05, 0.1) is 0 Å². The molecule has 0 aromatic heterocycles. The van der Waals surface area contributed by atoms with Gasteiger partial charge in [0.25, 0.3) is 0 Å². The maximum Gasteiger partial charge on any atom is 0.163 e. The SMILES string of the molecule is CCC(=O)c1cc(I)cc(I)c1I. The average Bonchev–Trinajstić information content (AvgIpc) is 2.10. The third-order valence-corrected chi connectivity index (χ3v) is 5.28. The van der Waals surface area contributed by atoms with Gasteiger partial charge in [-0.1, -0.05) is 6.92 Å². The molecular weight excluding hydrogens is 505 g/mol. The molecule has 0 radical (unpaired) electrons. The smallest absolute Gasteiger partial charge is 0.163 e. The maximum atomic E-state index is 11.5. The normalized spacial score (nSPS) is 10.2. The number of hydrogen-bond acceptors (Lipinski definition) is 1. The fraction of sp³-hybridized carbons (Fsp3) is 0.222. The first kappa shape index (κ1) is 12.2. The Morgan fingerprint density at radius 1 is 1.31 bits per heavy atom. The van der Waals surface area contributed by atoms with Crippen molar-refractivity contribution in [2.75, 3.05) is 0 Å². The second kappa shape index (κ2) is 5.24. The van der Waals surface area contributed by atoms with Gasteiger partial charge >= 0.3 is 0 Å². The van der Waals surface area contributed by atoms with Gasteiger partial charge in [0, 0.05) is 22.7 Å². The van der Waals surface area contributed by atoms with Gasteiger partial charge in [0.1, 0.15) is 0 Å². The van der Waals surface area contributed by atoms with Crippen molar-refractivity contribution in [3.63, 3.8) is 0 Å². The number of halogens is 3. The number of benzene rings is 1. The lowest BCUT2D eigenvalue weighted by molar-refractivity contribution is 0.0987. The van der Waals surface area contributed by atoms with Crippen LogP contribution in [0.1, 0.15) is 23.7 Å². The van der Waals surface area contributed by atoms with Crippen LogP contribution in [-0.2, 0) is 0 Å². The van der Waals surface area contributed by atoms with Crippen LogP contribution in [0.25, 0.3) is 0 Å². The van der Waals surface area contributed by atoms with Crippen LogP contribution in [0.3, 0.4) is 0 Å². The Morgan fingerprint density at radius 2 is 1.92 bits per heavy atom. The molecule has 13 heavy (non-hydrogen) atoms. The fourth-order valence-electron chi connectivity index (χ4n) is 0.949. The van der Waals surface area contributed by atoms with Crippen LogP contribution in [0.2, 0.25) is 0 Å². The summed E-state index contributed by atoms with van der Waals surface area (Å²) in [7, 11) is 0. The van der Waals surface area contributed by atoms with E-state index in [2.05, 4.69) is 73.8 Å². The predicted octanol–water partition coefficient (Wildman–Crippen LogP) is 4.09. The lowest BCUT2D eigenvalue weighted by Crippen LogP contribution is -2.02. The molecule has 0 saturated heterocycles. The quantitative estimate of drug-likeness (QED) is 0.332. The highest BCUT2D eigenvalue weighted by Gasteiger charge is 2.11. The summed E-state index contributed by atoms with van der Waals surface area (Å²) in [6, 6.07) is 4.03. The molecule has 0 amide bonds. The highest BCUT2D eigenvalue weighted by atomic mass is 127. The Labute approximate surface area is 118 Å². The van der Waals surface area contributed by atoms with Crippen molar-refractivity contribution in [3.05, 3.63) is 28.4 Å². The van der Waals surface area contributed by atoms with Gasteiger partial charge in [-0.3, -0.25) is 4.79 Å². The molecule has 1 aromatic carbocycles. The first-order valence-corrected chi connectivity index (χ1v) is 6.97. The lowest BCUT2D eigenvalue weighted by atomic mass is 10.1. The van der Waals surface area contributed by atoms with Crippen molar-refractivity contribution < 1.29 is 4.79 Å². The van der Waals surface area contributed by atoms with E-state index in [1.54, 1.807) is 0 Å². The molecule has 0 N–H and O–H groups in total. The molecule has 0 atom stereocenters. The van der Waals surface area contributed by atoms with E-state index in [1.165, 1.54) is 0 Å². The fourth-order valence-corrected chi connectivity index (χ4v) is 3.41. The Morgan fingerprint density at radius 3 is 2.46 bits per heavy atom. The minimum atomic E-state index is 0.223.